The summed E-state index contributed by atoms with van der Waals surface area (Å²) in [5.74, 6) is 0.958. The van der Waals surface area contributed by atoms with Gasteiger partial charge in [0.2, 0.25) is 0 Å². The minimum Gasteiger partial charge on any atom is -0.370 e. The minimum atomic E-state index is 0.946. The van der Waals surface area contributed by atoms with Crippen LogP contribution in [0.2, 0.25) is 0 Å². The lowest BCUT2D eigenvalue weighted by molar-refractivity contribution is 0.649. The molecular formula is C34H41N3. The first-order chi connectivity index (χ1) is 17.8. The highest BCUT2D eigenvalue weighted by Crippen LogP contribution is 2.28. The van der Waals surface area contributed by atoms with Gasteiger partial charge in [0, 0.05) is 23.4 Å². The first-order valence-electron chi connectivity index (χ1n) is 13.6. The Labute approximate surface area is 223 Å². The Morgan fingerprint density at radius 2 is 1.08 bits per heavy atom. The minimum absolute atomic E-state index is 0.946. The molecule has 0 saturated carbocycles. The van der Waals surface area contributed by atoms with Gasteiger partial charge in [-0.1, -0.05) is 60.4 Å². The summed E-state index contributed by atoms with van der Waals surface area (Å²) in [7, 11) is 0. The quantitative estimate of drug-likeness (QED) is 0.225. The van der Waals surface area contributed by atoms with Crippen molar-refractivity contribution in [1.29, 1.82) is 0 Å². The summed E-state index contributed by atoms with van der Waals surface area (Å²) < 4.78 is 0. The molecule has 0 unspecified atom stereocenters. The van der Waals surface area contributed by atoms with Crippen LogP contribution < -0.4 is 5.32 Å². The van der Waals surface area contributed by atoms with E-state index in [1.165, 1.54) is 69.5 Å². The number of pyridine rings is 2. The molecule has 0 aliphatic heterocycles. The maximum absolute atomic E-state index is 5.00. The van der Waals surface area contributed by atoms with Gasteiger partial charge in [-0.05, 0) is 107 Å². The highest BCUT2D eigenvalue weighted by atomic mass is 15.0. The van der Waals surface area contributed by atoms with Crippen LogP contribution in [0.25, 0.3) is 22.5 Å². The molecule has 2 aromatic carbocycles. The molecule has 0 spiro atoms. The third kappa shape index (κ3) is 6.85. The predicted molar refractivity (Wildman–Crippen MR) is 158 cm³/mol. The Bertz CT molecular complexity index is 1220. The van der Waals surface area contributed by atoms with Crippen molar-refractivity contribution in [2.45, 2.75) is 73.6 Å². The third-order valence-corrected chi connectivity index (χ3v) is 7.09. The van der Waals surface area contributed by atoms with Crippen molar-refractivity contribution in [2.75, 3.05) is 11.9 Å². The number of benzene rings is 2. The highest BCUT2D eigenvalue weighted by Gasteiger charge is 2.10. The van der Waals surface area contributed by atoms with Crippen molar-refractivity contribution in [1.82, 2.24) is 9.97 Å². The first kappa shape index (κ1) is 26.6. The molecule has 0 saturated heterocycles. The Kier molecular flexibility index (Phi) is 8.76. The molecule has 0 atom stereocenters. The van der Waals surface area contributed by atoms with Crippen LogP contribution in [0.15, 0.2) is 60.7 Å². The number of nitrogens with one attached hydrogen (secondary N) is 1. The Morgan fingerprint density at radius 3 is 1.68 bits per heavy atom. The number of hydrogen-bond donors (Lipinski definition) is 1. The molecule has 192 valence electrons. The Hall–Kier alpha value is -3.46. The average Bonchev–Trinajstić information content (AvgIpc) is 2.83. The van der Waals surface area contributed by atoms with Gasteiger partial charge in [-0.3, -0.25) is 4.98 Å². The number of anilines is 1. The lowest BCUT2D eigenvalue weighted by atomic mass is 9.96. The molecule has 37 heavy (non-hydrogen) atoms. The van der Waals surface area contributed by atoms with E-state index in [0.29, 0.717) is 0 Å². The van der Waals surface area contributed by atoms with Gasteiger partial charge >= 0.3 is 0 Å². The smallest absolute Gasteiger partial charge is 0.126 e. The number of aryl methyl sites for hydroxylation is 7. The number of nitrogens with zero attached hydrogens (tertiary/aromatic N) is 2. The Morgan fingerprint density at radius 1 is 0.568 bits per heavy atom. The van der Waals surface area contributed by atoms with Crippen molar-refractivity contribution in [3.05, 3.63) is 99.7 Å². The molecule has 3 heteroatoms. The standard InChI is InChI=1S/C34H41N3/c1-23-19-25(3)33(26(4)20-23)30-15-11-14-29(36-30)13-9-7-8-10-18-35-32-17-12-16-31(37-32)34-27(5)21-24(2)22-28(34)6/h11-12,14-17,19-22H,7-10,13,18H2,1-6H3,(H,35,37). The summed E-state index contributed by atoms with van der Waals surface area (Å²) in [6.07, 6.45) is 5.76. The van der Waals surface area contributed by atoms with E-state index in [-0.39, 0.29) is 0 Å². The van der Waals surface area contributed by atoms with E-state index in [4.69, 9.17) is 9.97 Å². The zero-order valence-corrected chi connectivity index (χ0v) is 23.4. The lowest BCUT2D eigenvalue weighted by Crippen LogP contribution is -2.04. The van der Waals surface area contributed by atoms with E-state index in [1.54, 1.807) is 0 Å². The molecule has 4 aromatic rings. The van der Waals surface area contributed by atoms with E-state index in [1.807, 2.05) is 0 Å². The molecule has 1 N–H and O–H groups in total. The monoisotopic (exact) mass is 491 g/mol. The van der Waals surface area contributed by atoms with Gasteiger partial charge in [0.05, 0.1) is 11.4 Å². The van der Waals surface area contributed by atoms with Gasteiger partial charge in [0.25, 0.3) is 0 Å². The summed E-state index contributed by atoms with van der Waals surface area (Å²) in [4.78, 5) is 9.90. The van der Waals surface area contributed by atoms with Crippen LogP contribution in [0.1, 0.15) is 64.8 Å². The second kappa shape index (κ2) is 12.2. The Balaban J connectivity index is 1.24. The first-order valence-corrected chi connectivity index (χ1v) is 13.6. The van der Waals surface area contributed by atoms with Crippen LogP contribution in [0.3, 0.4) is 0 Å². The van der Waals surface area contributed by atoms with Crippen molar-refractivity contribution >= 4 is 5.82 Å². The summed E-state index contributed by atoms with van der Waals surface area (Å²) >= 11 is 0. The summed E-state index contributed by atoms with van der Waals surface area (Å²) in [5, 5.41) is 3.53. The maximum atomic E-state index is 5.00. The molecule has 0 radical (unpaired) electrons. The molecule has 0 amide bonds. The fourth-order valence-corrected chi connectivity index (χ4v) is 5.60. The molecule has 0 bridgehead atoms. The van der Waals surface area contributed by atoms with Crippen molar-refractivity contribution in [3.8, 4) is 22.5 Å². The average molecular weight is 492 g/mol. The highest BCUT2D eigenvalue weighted by molar-refractivity contribution is 5.70. The molecule has 0 aliphatic rings. The lowest BCUT2D eigenvalue weighted by Gasteiger charge is -2.13. The van der Waals surface area contributed by atoms with Crippen LogP contribution in [0.4, 0.5) is 5.82 Å². The molecule has 2 heterocycles. The largest absolute Gasteiger partial charge is 0.370 e. The summed E-state index contributed by atoms with van der Waals surface area (Å²) in [5.41, 5.74) is 13.7. The van der Waals surface area contributed by atoms with E-state index in [9.17, 15) is 0 Å². The van der Waals surface area contributed by atoms with Gasteiger partial charge in [-0.2, -0.15) is 0 Å². The molecule has 4 rings (SSSR count). The molecule has 0 aliphatic carbocycles. The summed E-state index contributed by atoms with van der Waals surface area (Å²) in [6, 6.07) is 21.7. The van der Waals surface area contributed by atoms with Gasteiger partial charge < -0.3 is 5.32 Å². The third-order valence-electron chi connectivity index (χ3n) is 7.09. The molecule has 0 fully saturated rings. The zero-order chi connectivity index (χ0) is 26.4. The molecule has 2 aromatic heterocycles. The van der Waals surface area contributed by atoms with Gasteiger partial charge in [-0.15, -0.1) is 0 Å². The van der Waals surface area contributed by atoms with E-state index < -0.39 is 0 Å². The topological polar surface area (TPSA) is 37.8 Å². The van der Waals surface area contributed by atoms with E-state index in [0.717, 1.165) is 36.6 Å². The van der Waals surface area contributed by atoms with Crippen LogP contribution in [-0.4, -0.2) is 16.5 Å². The number of hydrogen-bond acceptors (Lipinski definition) is 3. The second-order valence-corrected chi connectivity index (χ2v) is 10.6. The van der Waals surface area contributed by atoms with Crippen LogP contribution in [0.5, 0.6) is 0 Å². The zero-order valence-electron chi connectivity index (χ0n) is 23.4. The second-order valence-electron chi connectivity index (χ2n) is 10.6. The maximum Gasteiger partial charge on any atom is 0.126 e. The number of aromatic nitrogens is 2. The number of rotatable bonds is 10. The fourth-order valence-electron chi connectivity index (χ4n) is 5.60. The molecular weight excluding hydrogens is 450 g/mol. The van der Waals surface area contributed by atoms with Crippen molar-refractivity contribution < 1.29 is 0 Å². The van der Waals surface area contributed by atoms with E-state index in [2.05, 4.69) is 108 Å². The number of unbranched alkanes of at least 4 members (excludes halogenated alkanes) is 3. The SMILES string of the molecule is Cc1cc(C)c(-c2cccc(CCCCCCNc3cccc(-c4c(C)cc(C)cc4C)n3)n2)c(C)c1. The fraction of sp³-hybridized carbons (Fsp3) is 0.353. The van der Waals surface area contributed by atoms with Crippen LogP contribution >= 0.6 is 0 Å². The predicted octanol–water partition coefficient (Wildman–Crippen LogP) is 8.88. The van der Waals surface area contributed by atoms with E-state index >= 15 is 0 Å². The molecule has 3 nitrogen and oxygen atoms in total. The van der Waals surface area contributed by atoms with Crippen LogP contribution in [0, 0.1) is 41.5 Å². The van der Waals surface area contributed by atoms with Crippen molar-refractivity contribution in [3.63, 3.8) is 0 Å². The van der Waals surface area contributed by atoms with Crippen LogP contribution in [-0.2, 0) is 6.42 Å². The van der Waals surface area contributed by atoms with Gasteiger partial charge in [0.1, 0.15) is 5.82 Å². The van der Waals surface area contributed by atoms with Gasteiger partial charge in [0.15, 0.2) is 0 Å². The summed E-state index contributed by atoms with van der Waals surface area (Å²) in [6.45, 7) is 14.0. The van der Waals surface area contributed by atoms with Gasteiger partial charge in [-0.25, -0.2) is 4.98 Å². The normalized spacial score (nSPS) is 11.1. The van der Waals surface area contributed by atoms with Crippen molar-refractivity contribution in [2.24, 2.45) is 0 Å².